The van der Waals surface area contributed by atoms with Crippen molar-refractivity contribution in [2.24, 2.45) is 0 Å². The second-order valence-electron chi connectivity index (χ2n) is 3.25. The van der Waals surface area contributed by atoms with Gasteiger partial charge in [-0.15, -0.1) is 11.3 Å². The minimum atomic E-state index is 0.00289. The first-order valence-electron chi connectivity index (χ1n) is 4.60. The number of nitrogens with one attached hydrogen (secondary N) is 1. The van der Waals surface area contributed by atoms with Crippen molar-refractivity contribution in [2.45, 2.75) is 18.9 Å². The van der Waals surface area contributed by atoms with Gasteiger partial charge in [-0.2, -0.15) is 0 Å². The number of hydrogen-bond acceptors (Lipinski definition) is 4. The molecule has 1 aromatic heterocycles. The zero-order valence-corrected chi connectivity index (χ0v) is 8.56. The van der Waals surface area contributed by atoms with Crippen LogP contribution >= 0.6 is 11.3 Å². The summed E-state index contributed by atoms with van der Waals surface area (Å²) in [5, 5.41) is 6.66. The molecule has 1 aliphatic heterocycles. The van der Waals surface area contributed by atoms with Crippen LogP contribution in [0.4, 0.5) is 0 Å². The molecule has 4 heteroatoms. The molecule has 0 saturated carbocycles. The summed E-state index contributed by atoms with van der Waals surface area (Å²) >= 11 is 1.71. The molecule has 1 unspecified atom stereocenters. The van der Waals surface area contributed by atoms with Crippen molar-refractivity contribution in [1.82, 2.24) is 10.3 Å². The lowest BCUT2D eigenvalue weighted by Gasteiger charge is -2.25. The third-order valence-electron chi connectivity index (χ3n) is 2.38. The van der Waals surface area contributed by atoms with Crippen LogP contribution in [0.5, 0.6) is 0 Å². The second kappa shape index (κ2) is 3.74. The Hall–Kier alpha value is -0.450. The van der Waals surface area contributed by atoms with Crippen molar-refractivity contribution in [3.05, 3.63) is 16.6 Å². The van der Waals surface area contributed by atoms with Crippen molar-refractivity contribution in [3.8, 4) is 0 Å². The van der Waals surface area contributed by atoms with Crippen molar-refractivity contribution >= 4 is 11.3 Å². The van der Waals surface area contributed by atoms with E-state index in [1.54, 1.807) is 11.3 Å². The summed E-state index contributed by atoms with van der Waals surface area (Å²) in [5.74, 6) is 0. The minimum absolute atomic E-state index is 0.00289. The van der Waals surface area contributed by atoms with E-state index in [1.165, 1.54) is 0 Å². The number of nitrogens with zero attached hydrogens (tertiary/aromatic N) is 1. The molecule has 1 atom stereocenters. The normalized spacial score (nSPS) is 28.1. The van der Waals surface area contributed by atoms with Gasteiger partial charge in [0.25, 0.3) is 0 Å². The highest BCUT2D eigenvalue weighted by Gasteiger charge is 2.37. The summed E-state index contributed by atoms with van der Waals surface area (Å²) in [6, 6.07) is 0. The molecule has 1 saturated heterocycles. The van der Waals surface area contributed by atoms with Crippen LogP contribution in [0.2, 0.25) is 0 Å². The van der Waals surface area contributed by atoms with E-state index in [1.807, 2.05) is 11.6 Å². The molecular formula is C9H14N2OS. The van der Waals surface area contributed by atoms with Gasteiger partial charge in [-0.25, -0.2) is 4.98 Å². The molecule has 1 N–H and O–H groups in total. The fraction of sp³-hybridized carbons (Fsp3) is 0.667. The summed E-state index contributed by atoms with van der Waals surface area (Å²) < 4.78 is 5.44. The maximum absolute atomic E-state index is 5.44. The average Bonchev–Trinajstić information content (AvgIpc) is 2.73. The fourth-order valence-corrected chi connectivity index (χ4v) is 2.58. The first-order valence-corrected chi connectivity index (χ1v) is 5.48. The van der Waals surface area contributed by atoms with E-state index in [0.717, 1.165) is 31.2 Å². The SMILES string of the molecule is CCNC1(c2nccs2)CCOC1. The zero-order chi connectivity index (χ0) is 9.15. The minimum Gasteiger partial charge on any atom is -0.379 e. The predicted octanol–water partition coefficient (Wildman–Crippen LogP) is 1.37. The Morgan fingerprint density at radius 2 is 2.69 bits per heavy atom. The van der Waals surface area contributed by atoms with Gasteiger partial charge in [0.05, 0.1) is 12.1 Å². The van der Waals surface area contributed by atoms with E-state index >= 15 is 0 Å². The van der Waals surface area contributed by atoms with Gasteiger partial charge in [-0.1, -0.05) is 6.92 Å². The van der Waals surface area contributed by atoms with Gasteiger partial charge in [-0.3, -0.25) is 0 Å². The van der Waals surface area contributed by atoms with Crippen molar-refractivity contribution in [3.63, 3.8) is 0 Å². The number of likely N-dealkylation sites (N-methyl/N-ethyl adjacent to an activating group) is 1. The third-order valence-corrected chi connectivity index (χ3v) is 3.36. The van der Waals surface area contributed by atoms with Gasteiger partial charge in [0.2, 0.25) is 0 Å². The largest absolute Gasteiger partial charge is 0.379 e. The van der Waals surface area contributed by atoms with E-state index in [9.17, 15) is 0 Å². The summed E-state index contributed by atoms with van der Waals surface area (Å²) in [4.78, 5) is 4.37. The Kier molecular flexibility index (Phi) is 2.62. The summed E-state index contributed by atoms with van der Waals surface area (Å²) in [5.41, 5.74) is 0.00289. The van der Waals surface area contributed by atoms with Gasteiger partial charge in [0.15, 0.2) is 0 Å². The fourth-order valence-electron chi connectivity index (χ4n) is 1.75. The average molecular weight is 198 g/mol. The van der Waals surface area contributed by atoms with Gasteiger partial charge in [-0.05, 0) is 13.0 Å². The van der Waals surface area contributed by atoms with E-state index < -0.39 is 0 Å². The first-order chi connectivity index (χ1) is 6.37. The van der Waals surface area contributed by atoms with E-state index in [0.29, 0.717) is 0 Å². The molecule has 72 valence electrons. The van der Waals surface area contributed by atoms with Gasteiger partial charge in [0, 0.05) is 18.2 Å². The molecule has 0 aromatic carbocycles. The Labute approximate surface area is 82.1 Å². The molecule has 0 radical (unpaired) electrons. The molecule has 2 heterocycles. The maximum atomic E-state index is 5.44. The zero-order valence-electron chi connectivity index (χ0n) is 7.75. The molecule has 1 fully saturated rings. The summed E-state index contributed by atoms with van der Waals surface area (Å²) in [6.07, 6.45) is 2.89. The molecule has 1 aliphatic rings. The molecule has 2 rings (SSSR count). The third kappa shape index (κ3) is 1.61. The van der Waals surface area contributed by atoms with E-state index in [4.69, 9.17) is 4.74 Å². The number of ether oxygens (including phenoxy) is 1. The molecular weight excluding hydrogens is 184 g/mol. The molecule has 0 bridgehead atoms. The standard InChI is InChI=1S/C9H14N2OS/c1-2-11-9(3-5-12-7-9)8-10-4-6-13-8/h4,6,11H,2-3,5,7H2,1H3. The lowest BCUT2D eigenvalue weighted by Crippen LogP contribution is -2.42. The quantitative estimate of drug-likeness (QED) is 0.796. The van der Waals surface area contributed by atoms with Gasteiger partial charge in [0.1, 0.15) is 5.01 Å². The number of thiazole rings is 1. The van der Waals surface area contributed by atoms with Crippen molar-refractivity contribution < 1.29 is 4.74 Å². The first kappa shape index (κ1) is 9.12. The number of rotatable bonds is 3. The maximum Gasteiger partial charge on any atom is 0.115 e. The molecule has 13 heavy (non-hydrogen) atoms. The number of hydrogen-bond donors (Lipinski definition) is 1. The Balaban J connectivity index is 2.22. The van der Waals surface area contributed by atoms with Crippen molar-refractivity contribution in [2.75, 3.05) is 19.8 Å². The Morgan fingerprint density at radius 3 is 3.23 bits per heavy atom. The van der Waals surface area contributed by atoms with E-state index in [2.05, 4.69) is 17.2 Å². The Morgan fingerprint density at radius 1 is 1.77 bits per heavy atom. The molecule has 0 aliphatic carbocycles. The predicted molar refractivity (Wildman–Crippen MR) is 52.9 cm³/mol. The topological polar surface area (TPSA) is 34.2 Å². The van der Waals surface area contributed by atoms with Crippen LogP contribution in [0.3, 0.4) is 0 Å². The second-order valence-corrected chi connectivity index (χ2v) is 4.15. The highest BCUT2D eigenvalue weighted by Crippen LogP contribution is 2.31. The summed E-state index contributed by atoms with van der Waals surface area (Å²) in [6.45, 7) is 4.68. The molecule has 0 amide bonds. The Bertz CT molecular complexity index is 255. The van der Waals surface area contributed by atoms with Crippen LogP contribution in [-0.2, 0) is 10.3 Å². The highest BCUT2D eigenvalue weighted by atomic mass is 32.1. The van der Waals surface area contributed by atoms with Gasteiger partial charge < -0.3 is 10.1 Å². The molecule has 0 spiro atoms. The molecule has 3 nitrogen and oxygen atoms in total. The lowest BCUT2D eigenvalue weighted by molar-refractivity contribution is 0.167. The number of aromatic nitrogens is 1. The monoisotopic (exact) mass is 198 g/mol. The van der Waals surface area contributed by atoms with Crippen LogP contribution in [0, 0.1) is 0 Å². The highest BCUT2D eigenvalue weighted by molar-refractivity contribution is 7.09. The lowest BCUT2D eigenvalue weighted by atomic mass is 10.00. The van der Waals surface area contributed by atoms with Crippen LogP contribution in [0.25, 0.3) is 0 Å². The van der Waals surface area contributed by atoms with Crippen LogP contribution < -0.4 is 5.32 Å². The van der Waals surface area contributed by atoms with Crippen LogP contribution in [0.1, 0.15) is 18.4 Å². The summed E-state index contributed by atoms with van der Waals surface area (Å²) in [7, 11) is 0. The van der Waals surface area contributed by atoms with Gasteiger partial charge >= 0.3 is 0 Å². The van der Waals surface area contributed by atoms with Crippen LogP contribution in [-0.4, -0.2) is 24.7 Å². The van der Waals surface area contributed by atoms with Crippen LogP contribution in [0.15, 0.2) is 11.6 Å². The molecule has 1 aromatic rings. The smallest absolute Gasteiger partial charge is 0.115 e. The van der Waals surface area contributed by atoms with Crippen molar-refractivity contribution in [1.29, 1.82) is 0 Å². The van der Waals surface area contributed by atoms with E-state index in [-0.39, 0.29) is 5.54 Å².